The van der Waals surface area contributed by atoms with E-state index >= 15 is 0 Å². The third-order valence-electron chi connectivity index (χ3n) is 5.06. The Bertz CT molecular complexity index is 907. The Labute approximate surface area is 161 Å². The van der Waals surface area contributed by atoms with Crippen LogP contribution in [0.15, 0.2) is 53.4 Å². The molecule has 1 heterocycles. The van der Waals surface area contributed by atoms with E-state index in [1.54, 1.807) is 12.1 Å². The number of rotatable bonds is 4. The van der Waals surface area contributed by atoms with E-state index in [2.05, 4.69) is 36.1 Å². The van der Waals surface area contributed by atoms with Crippen molar-refractivity contribution >= 4 is 15.7 Å². The second kappa shape index (κ2) is 8.23. The van der Waals surface area contributed by atoms with Crippen molar-refractivity contribution in [1.82, 2.24) is 9.80 Å². The maximum absolute atomic E-state index is 12.8. The summed E-state index contributed by atoms with van der Waals surface area (Å²) < 4.78 is 23.1. The first-order valence-corrected chi connectivity index (χ1v) is 11.1. The van der Waals surface area contributed by atoms with Gasteiger partial charge < -0.3 is 4.90 Å². The van der Waals surface area contributed by atoms with E-state index in [0.29, 0.717) is 12.1 Å². The average Bonchev–Trinajstić information content (AvgIpc) is 2.88. The van der Waals surface area contributed by atoms with Crippen molar-refractivity contribution in [2.24, 2.45) is 0 Å². The molecule has 2 aromatic rings. The Hall–Kier alpha value is -2.18. The molecule has 0 bridgehead atoms. The highest BCUT2D eigenvalue weighted by atomic mass is 32.2. The molecule has 0 aliphatic carbocycles. The molecule has 0 N–H and O–H groups in total. The third-order valence-corrected chi connectivity index (χ3v) is 6.19. The van der Waals surface area contributed by atoms with Gasteiger partial charge in [0, 0.05) is 44.5 Å². The second-order valence-corrected chi connectivity index (χ2v) is 9.16. The minimum absolute atomic E-state index is 0.0345. The van der Waals surface area contributed by atoms with Gasteiger partial charge in [-0.3, -0.25) is 9.69 Å². The third kappa shape index (κ3) is 4.96. The van der Waals surface area contributed by atoms with Crippen LogP contribution in [0.5, 0.6) is 0 Å². The summed E-state index contributed by atoms with van der Waals surface area (Å²) in [6.07, 6.45) is 2.10. The van der Waals surface area contributed by atoms with Crippen LogP contribution in [0.1, 0.15) is 27.9 Å². The van der Waals surface area contributed by atoms with E-state index in [0.717, 1.165) is 32.6 Å². The Kier molecular flexibility index (Phi) is 5.97. The van der Waals surface area contributed by atoms with E-state index < -0.39 is 9.84 Å². The highest BCUT2D eigenvalue weighted by Gasteiger charge is 2.21. The second-order valence-electron chi connectivity index (χ2n) is 7.14. The van der Waals surface area contributed by atoms with Gasteiger partial charge in [0.05, 0.1) is 4.90 Å². The van der Waals surface area contributed by atoms with Gasteiger partial charge in [-0.1, -0.05) is 24.3 Å². The molecule has 0 unspecified atom stereocenters. The zero-order valence-electron chi connectivity index (χ0n) is 15.9. The van der Waals surface area contributed by atoms with E-state index in [4.69, 9.17) is 0 Å². The van der Waals surface area contributed by atoms with Gasteiger partial charge >= 0.3 is 0 Å². The first kappa shape index (κ1) is 19.6. The van der Waals surface area contributed by atoms with Crippen molar-refractivity contribution in [3.63, 3.8) is 0 Å². The van der Waals surface area contributed by atoms with Crippen LogP contribution in [0.4, 0.5) is 0 Å². The lowest BCUT2D eigenvalue weighted by molar-refractivity contribution is 0.0761. The summed E-state index contributed by atoms with van der Waals surface area (Å²) in [5.74, 6) is -0.0345. The van der Waals surface area contributed by atoms with Crippen LogP contribution in [0.3, 0.4) is 0 Å². The van der Waals surface area contributed by atoms with Crippen LogP contribution in [0.2, 0.25) is 0 Å². The molecule has 1 aliphatic heterocycles. The Morgan fingerprint density at radius 2 is 1.67 bits per heavy atom. The molecule has 1 saturated heterocycles. The summed E-state index contributed by atoms with van der Waals surface area (Å²) >= 11 is 0. The first-order valence-electron chi connectivity index (χ1n) is 9.21. The van der Waals surface area contributed by atoms with Gasteiger partial charge in [-0.25, -0.2) is 8.42 Å². The predicted octanol–water partition coefficient (Wildman–Crippen LogP) is 2.75. The van der Waals surface area contributed by atoms with Crippen LogP contribution in [0.25, 0.3) is 0 Å². The van der Waals surface area contributed by atoms with E-state index in [9.17, 15) is 13.2 Å². The number of aryl methyl sites for hydroxylation is 1. The lowest BCUT2D eigenvalue weighted by Crippen LogP contribution is -2.35. The Balaban J connectivity index is 1.63. The largest absolute Gasteiger partial charge is 0.337 e. The summed E-state index contributed by atoms with van der Waals surface area (Å²) in [4.78, 5) is 17.3. The van der Waals surface area contributed by atoms with E-state index in [1.165, 1.54) is 29.5 Å². The topological polar surface area (TPSA) is 57.7 Å². The number of sulfone groups is 1. The molecule has 1 amide bonds. The lowest BCUT2D eigenvalue weighted by Gasteiger charge is -2.22. The van der Waals surface area contributed by atoms with Gasteiger partial charge in [-0.2, -0.15) is 0 Å². The maximum atomic E-state index is 12.8. The molecule has 6 heteroatoms. The number of benzene rings is 2. The van der Waals surface area contributed by atoms with Crippen molar-refractivity contribution in [3.05, 3.63) is 65.2 Å². The first-order chi connectivity index (χ1) is 12.8. The van der Waals surface area contributed by atoms with Gasteiger partial charge in [-0.15, -0.1) is 0 Å². The van der Waals surface area contributed by atoms with Crippen molar-refractivity contribution in [2.45, 2.75) is 24.8 Å². The summed E-state index contributed by atoms with van der Waals surface area (Å²) in [5.41, 5.74) is 3.16. The van der Waals surface area contributed by atoms with Crippen molar-refractivity contribution in [1.29, 1.82) is 0 Å². The van der Waals surface area contributed by atoms with Crippen LogP contribution in [-0.2, 0) is 16.4 Å². The highest BCUT2D eigenvalue weighted by Crippen LogP contribution is 2.16. The molecule has 144 valence electrons. The van der Waals surface area contributed by atoms with E-state index in [1.807, 2.05) is 4.90 Å². The monoisotopic (exact) mass is 386 g/mol. The standard InChI is InChI=1S/C21H26N2O3S/c1-17-6-3-4-7-19(17)16-22-12-5-13-23(15-14-22)21(24)18-8-10-20(11-9-18)27(2,25)26/h3-4,6-11H,5,12-16H2,1-2H3. The van der Waals surface area contributed by atoms with Crippen molar-refractivity contribution < 1.29 is 13.2 Å². The molecular formula is C21H26N2O3S. The normalized spacial score (nSPS) is 16.1. The summed E-state index contributed by atoms with van der Waals surface area (Å²) in [5, 5.41) is 0. The number of hydrogen-bond acceptors (Lipinski definition) is 4. The smallest absolute Gasteiger partial charge is 0.253 e. The molecule has 1 aliphatic rings. The van der Waals surface area contributed by atoms with Crippen LogP contribution in [0, 0.1) is 6.92 Å². The van der Waals surface area contributed by atoms with Crippen LogP contribution < -0.4 is 0 Å². The van der Waals surface area contributed by atoms with E-state index in [-0.39, 0.29) is 10.8 Å². The van der Waals surface area contributed by atoms with Crippen molar-refractivity contribution in [3.8, 4) is 0 Å². The van der Waals surface area contributed by atoms with Gasteiger partial charge in [0.2, 0.25) is 0 Å². The van der Waals surface area contributed by atoms with Gasteiger partial charge in [0.25, 0.3) is 5.91 Å². The minimum atomic E-state index is -3.25. The highest BCUT2D eigenvalue weighted by molar-refractivity contribution is 7.90. The fourth-order valence-corrected chi connectivity index (χ4v) is 4.02. The van der Waals surface area contributed by atoms with Crippen LogP contribution in [-0.4, -0.2) is 56.6 Å². The zero-order valence-corrected chi connectivity index (χ0v) is 16.7. The lowest BCUT2D eigenvalue weighted by atomic mass is 10.1. The zero-order chi connectivity index (χ0) is 19.4. The predicted molar refractivity (Wildman–Crippen MR) is 107 cm³/mol. The molecule has 27 heavy (non-hydrogen) atoms. The number of nitrogens with zero attached hydrogens (tertiary/aromatic N) is 2. The molecule has 0 spiro atoms. The molecule has 0 aromatic heterocycles. The maximum Gasteiger partial charge on any atom is 0.253 e. The Morgan fingerprint density at radius 3 is 2.33 bits per heavy atom. The fraction of sp³-hybridized carbons (Fsp3) is 0.381. The molecule has 5 nitrogen and oxygen atoms in total. The van der Waals surface area contributed by atoms with Gasteiger partial charge in [-0.05, 0) is 48.7 Å². The average molecular weight is 387 g/mol. The van der Waals surface area contributed by atoms with Gasteiger partial charge in [0.1, 0.15) is 0 Å². The van der Waals surface area contributed by atoms with Gasteiger partial charge in [0.15, 0.2) is 9.84 Å². The molecular weight excluding hydrogens is 360 g/mol. The fourth-order valence-electron chi connectivity index (χ4n) is 3.39. The van der Waals surface area contributed by atoms with Crippen molar-refractivity contribution in [2.75, 3.05) is 32.4 Å². The summed E-state index contributed by atoms with van der Waals surface area (Å²) in [7, 11) is -3.25. The Morgan fingerprint density at radius 1 is 0.963 bits per heavy atom. The molecule has 3 rings (SSSR count). The number of amides is 1. The molecule has 2 aromatic carbocycles. The summed E-state index contributed by atoms with van der Waals surface area (Å²) in [6.45, 7) is 6.23. The number of carbonyl (C=O) groups is 1. The number of carbonyl (C=O) groups excluding carboxylic acids is 1. The minimum Gasteiger partial charge on any atom is -0.337 e. The SMILES string of the molecule is Cc1ccccc1CN1CCCN(C(=O)c2ccc(S(C)(=O)=O)cc2)CC1. The molecule has 0 saturated carbocycles. The quantitative estimate of drug-likeness (QED) is 0.811. The summed E-state index contributed by atoms with van der Waals surface area (Å²) in [6, 6.07) is 14.6. The number of hydrogen-bond donors (Lipinski definition) is 0. The molecule has 1 fully saturated rings. The molecule has 0 atom stereocenters. The molecule has 0 radical (unpaired) electrons. The van der Waals surface area contributed by atoms with Crippen LogP contribution >= 0.6 is 0 Å².